The van der Waals surface area contributed by atoms with Gasteiger partial charge in [0.05, 0.1) is 12.4 Å². The van der Waals surface area contributed by atoms with Gasteiger partial charge in [-0.05, 0) is 6.42 Å². The molecule has 19 heavy (non-hydrogen) atoms. The zero-order valence-electron chi connectivity index (χ0n) is 9.81. The molecule has 0 saturated carbocycles. The van der Waals surface area contributed by atoms with E-state index in [-0.39, 0.29) is 23.4 Å². The summed E-state index contributed by atoms with van der Waals surface area (Å²) in [4.78, 5) is 22.5. The van der Waals surface area contributed by atoms with E-state index in [1.165, 1.54) is 6.33 Å². The zero-order chi connectivity index (χ0) is 13.4. The van der Waals surface area contributed by atoms with Crippen molar-refractivity contribution in [2.75, 3.05) is 6.54 Å². The summed E-state index contributed by atoms with van der Waals surface area (Å²) in [5.74, 6) is -0.0465. The lowest BCUT2D eigenvalue weighted by Gasteiger charge is -2.11. The molecule has 0 spiro atoms. The number of fused-ring (bicyclic) bond motifs is 1. The van der Waals surface area contributed by atoms with E-state index in [1.807, 2.05) is 16.7 Å². The second-order valence-corrected chi connectivity index (χ2v) is 4.81. The van der Waals surface area contributed by atoms with Crippen LogP contribution < -0.4 is 0 Å². The maximum atomic E-state index is 10.5. The van der Waals surface area contributed by atoms with Crippen LogP contribution >= 0.6 is 11.6 Å². The first kappa shape index (κ1) is 12.0. The monoisotopic (exact) mass is 279 g/mol. The van der Waals surface area contributed by atoms with Crippen LogP contribution in [0.25, 0.3) is 11.2 Å². The van der Waals surface area contributed by atoms with Gasteiger partial charge in [-0.2, -0.15) is 0 Å². The van der Waals surface area contributed by atoms with E-state index in [0.717, 1.165) is 0 Å². The Labute approximate surface area is 113 Å². The molecule has 2 aromatic rings. The summed E-state index contributed by atoms with van der Waals surface area (Å²) >= 11 is 5.94. The smallest absolute Gasteiger partial charge is 0.210 e. The molecule has 0 bridgehead atoms. The fraction of sp³-hybridized carbons (Fsp3) is 0.364. The first-order chi connectivity index (χ1) is 9.15. The van der Waals surface area contributed by atoms with Crippen LogP contribution in [0.15, 0.2) is 24.8 Å². The molecule has 0 aromatic carbocycles. The largest absolute Gasteiger partial charge is 0.308 e. The highest BCUT2D eigenvalue weighted by molar-refractivity contribution is 6.33. The Balaban J connectivity index is 1.89. The molecule has 0 unspecified atom stereocenters. The molecule has 3 rings (SSSR count). The van der Waals surface area contributed by atoms with Crippen LogP contribution in [0.3, 0.4) is 0 Å². The minimum atomic E-state index is -0.289. The number of aromatic nitrogens is 4. The van der Waals surface area contributed by atoms with Crippen molar-refractivity contribution in [2.24, 2.45) is 5.92 Å². The van der Waals surface area contributed by atoms with E-state index in [0.29, 0.717) is 22.7 Å². The Kier molecular flexibility index (Phi) is 2.90. The molecule has 0 aliphatic heterocycles. The normalized spacial score (nSPS) is 22.2. The zero-order valence-corrected chi connectivity index (χ0v) is 10.6. The Bertz CT molecular complexity index is 668. The van der Waals surface area contributed by atoms with Gasteiger partial charge in [0, 0.05) is 10.8 Å². The topological polar surface area (TPSA) is 86.7 Å². The van der Waals surface area contributed by atoms with Gasteiger partial charge in [0.15, 0.2) is 10.8 Å². The molecule has 0 amide bonds. The third kappa shape index (κ3) is 2.17. The standard InChI is InChI=1S/C11H10ClN5O2/c12-10-9-11(14-5-13-10)16(6-15-9)8-2-1-7(3-8)4-17(18)19/h1-2,5-8H,3-4H2/t7-,8+/m1/s1. The summed E-state index contributed by atoms with van der Waals surface area (Å²) in [6, 6.07) is 0.0286. The summed E-state index contributed by atoms with van der Waals surface area (Å²) in [7, 11) is 0. The summed E-state index contributed by atoms with van der Waals surface area (Å²) in [5, 5.41) is 10.8. The van der Waals surface area contributed by atoms with Crippen molar-refractivity contribution in [1.82, 2.24) is 19.5 Å². The SMILES string of the molecule is O=[N+]([O-])C[C@@H]1C=C[C@H](n2cnc3c(Cl)ncnc32)C1. The number of imidazole rings is 1. The van der Waals surface area contributed by atoms with E-state index >= 15 is 0 Å². The van der Waals surface area contributed by atoms with Crippen molar-refractivity contribution in [3.05, 3.63) is 40.1 Å². The lowest BCUT2D eigenvalue weighted by molar-refractivity contribution is -0.485. The highest BCUT2D eigenvalue weighted by Gasteiger charge is 2.25. The van der Waals surface area contributed by atoms with Crippen LogP contribution in [0, 0.1) is 16.0 Å². The molecule has 2 aromatic heterocycles. The van der Waals surface area contributed by atoms with Crippen LogP contribution in [0.2, 0.25) is 5.15 Å². The summed E-state index contributed by atoms with van der Waals surface area (Å²) in [5.41, 5.74) is 1.20. The maximum Gasteiger partial charge on any atom is 0.210 e. The molecular weight excluding hydrogens is 270 g/mol. The molecule has 0 fully saturated rings. The molecule has 2 atom stereocenters. The van der Waals surface area contributed by atoms with E-state index in [1.54, 1.807) is 6.33 Å². The minimum Gasteiger partial charge on any atom is -0.308 e. The van der Waals surface area contributed by atoms with E-state index in [2.05, 4.69) is 15.0 Å². The minimum absolute atomic E-state index is 0.0286. The highest BCUT2D eigenvalue weighted by Crippen LogP contribution is 2.30. The molecule has 8 heteroatoms. The first-order valence-corrected chi connectivity index (χ1v) is 6.16. The Morgan fingerprint density at radius 3 is 3.05 bits per heavy atom. The average molecular weight is 280 g/mol. The predicted octanol–water partition coefficient (Wildman–Crippen LogP) is 1.87. The summed E-state index contributed by atoms with van der Waals surface area (Å²) < 4.78 is 1.87. The van der Waals surface area contributed by atoms with E-state index in [4.69, 9.17) is 11.6 Å². The van der Waals surface area contributed by atoms with Gasteiger partial charge in [0.25, 0.3) is 0 Å². The number of allylic oxidation sites excluding steroid dienone is 1. The van der Waals surface area contributed by atoms with Gasteiger partial charge in [-0.25, -0.2) is 15.0 Å². The van der Waals surface area contributed by atoms with Crippen LogP contribution in [-0.2, 0) is 0 Å². The van der Waals surface area contributed by atoms with E-state index < -0.39 is 0 Å². The molecule has 7 nitrogen and oxygen atoms in total. The second-order valence-electron chi connectivity index (χ2n) is 4.45. The van der Waals surface area contributed by atoms with Crippen LogP contribution in [0.1, 0.15) is 12.5 Å². The maximum absolute atomic E-state index is 10.5. The molecule has 0 saturated heterocycles. The van der Waals surface area contributed by atoms with Crippen molar-refractivity contribution < 1.29 is 4.92 Å². The Hall–Kier alpha value is -2.02. The fourth-order valence-corrected chi connectivity index (χ4v) is 2.53. The molecule has 1 aliphatic rings. The third-order valence-corrected chi connectivity index (χ3v) is 3.48. The van der Waals surface area contributed by atoms with Crippen molar-refractivity contribution >= 4 is 22.8 Å². The van der Waals surface area contributed by atoms with Gasteiger partial charge in [0.1, 0.15) is 11.8 Å². The van der Waals surface area contributed by atoms with Crippen molar-refractivity contribution in [3.8, 4) is 0 Å². The lowest BCUT2D eigenvalue weighted by atomic mass is 10.1. The molecule has 0 radical (unpaired) electrons. The fourth-order valence-electron chi connectivity index (χ4n) is 2.35. The van der Waals surface area contributed by atoms with E-state index in [9.17, 15) is 10.1 Å². The number of halogens is 1. The quantitative estimate of drug-likeness (QED) is 0.370. The lowest BCUT2D eigenvalue weighted by Crippen LogP contribution is -2.13. The molecule has 0 N–H and O–H groups in total. The van der Waals surface area contributed by atoms with Gasteiger partial charge in [-0.1, -0.05) is 23.8 Å². The van der Waals surface area contributed by atoms with Crippen LogP contribution in [0.5, 0.6) is 0 Å². The Morgan fingerprint density at radius 1 is 1.42 bits per heavy atom. The van der Waals surface area contributed by atoms with Crippen molar-refractivity contribution in [2.45, 2.75) is 12.5 Å². The summed E-state index contributed by atoms with van der Waals surface area (Å²) in [6.45, 7) is -0.0463. The number of nitro groups is 1. The van der Waals surface area contributed by atoms with Gasteiger partial charge in [0.2, 0.25) is 6.54 Å². The Morgan fingerprint density at radius 2 is 2.26 bits per heavy atom. The van der Waals surface area contributed by atoms with Gasteiger partial charge in [-0.3, -0.25) is 10.1 Å². The van der Waals surface area contributed by atoms with Crippen molar-refractivity contribution in [1.29, 1.82) is 0 Å². The van der Waals surface area contributed by atoms with Crippen LogP contribution in [0.4, 0.5) is 0 Å². The molecule has 2 heterocycles. The first-order valence-electron chi connectivity index (χ1n) is 5.78. The van der Waals surface area contributed by atoms with Crippen molar-refractivity contribution in [3.63, 3.8) is 0 Å². The number of hydrogen-bond donors (Lipinski definition) is 0. The second kappa shape index (κ2) is 4.58. The van der Waals surface area contributed by atoms with Gasteiger partial charge < -0.3 is 4.57 Å². The molecular formula is C11H10ClN5O2. The van der Waals surface area contributed by atoms with Crippen LogP contribution in [-0.4, -0.2) is 31.0 Å². The van der Waals surface area contributed by atoms with Gasteiger partial charge in [-0.15, -0.1) is 0 Å². The predicted molar refractivity (Wildman–Crippen MR) is 68.5 cm³/mol. The highest BCUT2D eigenvalue weighted by atomic mass is 35.5. The molecule has 1 aliphatic carbocycles. The average Bonchev–Trinajstić information content (AvgIpc) is 2.95. The van der Waals surface area contributed by atoms with Gasteiger partial charge >= 0.3 is 0 Å². The number of hydrogen-bond acceptors (Lipinski definition) is 5. The summed E-state index contributed by atoms with van der Waals surface area (Å²) in [6.07, 6.45) is 7.53. The molecule has 98 valence electrons. The number of nitrogens with zero attached hydrogens (tertiary/aromatic N) is 5. The third-order valence-electron chi connectivity index (χ3n) is 3.20. The number of rotatable bonds is 3.